The molecule has 8 heteroatoms. The normalized spacial score (nSPS) is 19.3. The number of aliphatic imine (C=N–C) groups is 1. The lowest BCUT2D eigenvalue weighted by Crippen LogP contribution is -2.42. The van der Waals surface area contributed by atoms with E-state index in [-0.39, 0.29) is 24.3 Å². The Labute approximate surface area is 198 Å². The van der Waals surface area contributed by atoms with Crippen LogP contribution >= 0.6 is 0 Å². The van der Waals surface area contributed by atoms with Crippen molar-refractivity contribution in [3.8, 4) is 0 Å². The lowest BCUT2D eigenvalue weighted by atomic mass is 9.85. The molecule has 0 saturated carbocycles. The van der Waals surface area contributed by atoms with Gasteiger partial charge in [-0.2, -0.15) is 0 Å². The van der Waals surface area contributed by atoms with Crippen LogP contribution in [0.25, 0.3) is 0 Å². The largest absolute Gasteiger partial charge is 0.369 e. The third kappa shape index (κ3) is 3.71. The summed E-state index contributed by atoms with van der Waals surface area (Å²) in [5.74, 6) is -0.0187. The second kappa shape index (κ2) is 8.70. The highest BCUT2D eigenvalue weighted by Crippen LogP contribution is 2.37. The van der Waals surface area contributed by atoms with Crippen molar-refractivity contribution in [3.63, 3.8) is 0 Å². The van der Waals surface area contributed by atoms with Crippen LogP contribution in [0, 0.1) is 0 Å². The lowest BCUT2D eigenvalue weighted by molar-refractivity contribution is -0.132. The molecule has 2 amide bonds. The molecule has 3 heterocycles. The van der Waals surface area contributed by atoms with E-state index in [0.29, 0.717) is 25.1 Å². The molecule has 172 valence electrons. The molecule has 2 N–H and O–H groups in total. The first-order valence-electron chi connectivity index (χ1n) is 11.4. The van der Waals surface area contributed by atoms with Crippen LogP contribution in [0.2, 0.25) is 0 Å². The number of amides is 2. The van der Waals surface area contributed by atoms with E-state index in [1.807, 2.05) is 55.5 Å². The number of fused-ring (bicyclic) bond motifs is 1. The minimum atomic E-state index is -1.00. The minimum Gasteiger partial charge on any atom is -0.369 e. The van der Waals surface area contributed by atoms with E-state index >= 15 is 0 Å². The van der Waals surface area contributed by atoms with Crippen LogP contribution in [0.4, 0.5) is 0 Å². The maximum Gasteiger partial charge on any atom is 0.262 e. The van der Waals surface area contributed by atoms with E-state index < -0.39 is 5.54 Å². The first-order chi connectivity index (χ1) is 16.5. The van der Waals surface area contributed by atoms with Crippen molar-refractivity contribution in [1.82, 2.24) is 19.8 Å². The maximum absolute atomic E-state index is 13.6. The monoisotopic (exact) mass is 454 g/mol. The Kier molecular flexibility index (Phi) is 5.57. The zero-order valence-corrected chi connectivity index (χ0v) is 19.0. The molecule has 1 unspecified atom stereocenters. The molecule has 34 heavy (non-hydrogen) atoms. The van der Waals surface area contributed by atoms with Crippen LogP contribution < -0.4 is 5.73 Å². The Morgan fingerprint density at radius 3 is 2.71 bits per heavy atom. The number of rotatable bonds is 6. The van der Waals surface area contributed by atoms with Crippen molar-refractivity contribution in [2.75, 3.05) is 0 Å². The van der Waals surface area contributed by atoms with Crippen molar-refractivity contribution in [2.45, 2.75) is 44.9 Å². The highest BCUT2D eigenvalue weighted by atomic mass is 16.2. The Bertz CT molecular complexity index is 1250. The second-order valence-electron chi connectivity index (χ2n) is 8.69. The maximum atomic E-state index is 13.6. The fourth-order valence-electron chi connectivity index (χ4n) is 4.77. The average molecular weight is 455 g/mol. The van der Waals surface area contributed by atoms with Crippen LogP contribution in [0.5, 0.6) is 0 Å². The summed E-state index contributed by atoms with van der Waals surface area (Å²) in [6, 6.07) is 16.9. The van der Waals surface area contributed by atoms with E-state index in [2.05, 4.69) is 15.0 Å². The number of nitrogens with two attached hydrogens (primary N) is 1. The summed E-state index contributed by atoms with van der Waals surface area (Å²) in [6.07, 6.45) is 4.62. The number of guanidine groups is 1. The lowest BCUT2D eigenvalue weighted by Gasteiger charge is -2.26. The fourth-order valence-corrected chi connectivity index (χ4v) is 4.77. The Morgan fingerprint density at radius 2 is 1.94 bits per heavy atom. The highest BCUT2D eigenvalue weighted by molar-refractivity contribution is 6.07. The zero-order valence-electron chi connectivity index (χ0n) is 19.0. The molecule has 1 atom stereocenters. The quantitative estimate of drug-likeness (QED) is 0.617. The van der Waals surface area contributed by atoms with Gasteiger partial charge in [-0.1, -0.05) is 55.8 Å². The Morgan fingerprint density at radius 1 is 1.12 bits per heavy atom. The topological polar surface area (TPSA) is 105 Å². The number of benzene rings is 2. The van der Waals surface area contributed by atoms with Crippen molar-refractivity contribution in [2.24, 2.45) is 10.7 Å². The molecule has 5 rings (SSSR count). The molecule has 2 aliphatic heterocycles. The molecular weight excluding hydrogens is 428 g/mol. The standard InChI is InChI=1S/C26H26N6O2/c1-2-11-26(21-9-4-3-5-10-21)24(34)32(25(27)30-26)14-18-7-6-8-19(12-18)23(33)31-15-20-13-28-17-29-22(20)16-31/h3-10,12-13,17H,2,11,14-16H2,1H3,(H2,27,30). The van der Waals surface area contributed by atoms with Crippen molar-refractivity contribution in [1.29, 1.82) is 0 Å². The van der Waals surface area contributed by atoms with Crippen LogP contribution in [0.3, 0.4) is 0 Å². The van der Waals surface area contributed by atoms with E-state index in [9.17, 15) is 9.59 Å². The summed E-state index contributed by atoms with van der Waals surface area (Å²) in [5.41, 5.74) is 9.32. The molecular formula is C26H26N6O2. The minimum absolute atomic E-state index is 0.0844. The molecule has 0 bridgehead atoms. The summed E-state index contributed by atoms with van der Waals surface area (Å²) in [7, 11) is 0. The van der Waals surface area contributed by atoms with Crippen LogP contribution in [-0.4, -0.2) is 37.5 Å². The predicted octanol–water partition coefficient (Wildman–Crippen LogP) is 2.99. The number of carbonyl (C=O) groups excluding carboxylic acids is 2. The van der Waals surface area contributed by atoms with Crippen LogP contribution in [0.15, 0.2) is 72.1 Å². The molecule has 0 saturated heterocycles. The van der Waals surface area contributed by atoms with Gasteiger partial charge in [-0.25, -0.2) is 15.0 Å². The summed E-state index contributed by atoms with van der Waals surface area (Å²) in [6.45, 7) is 3.23. The summed E-state index contributed by atoms with van der Waals surface area (Å²) in [5, 5.41) is 0. The van der Waals surface area contributed by atoms with Gasteiger partial charge >= 0.3 is 0 Å². The number of aromatic nitrogens is 2. The summed E-state index contributed by atoms with van der Waals surface area (Å²) < 4.78 is 0. The van der Waals surface area contributed by atoms with Crippen LogP contribution in [0.1, 0.15) is 52.5 Å². The molecule has 2 aliphatic rings. The molecule has 8 nitrogen and oxygen atoms in total. The second-order valence-corrected chi connectivity index (χ2v) is 8.69. The summed E-state index contributed by atoms with van der Waals surface area (Å²) in [4.78, 5) is 43.0. The van der Waals surface area contributed by atoms with Crippen molar-refractivity contribution in [3.05, 3.63) is 95.1 Å². The van der Waals surface area contributed by atoms with E-state index in [4.69, 9.17) is 5.73 Å². The number of hydrogen-bond donors (Lipinski definition) is 1. The van der Waals surface area contributed by atoms with Crippen molar-refractivity contribution >= 4 is 17.8 Å². The smallest absolute Gasteiger partial charge is 0.262 e. The first kappa shape index (κ1) is 21.8. The molecule has 0 spiro atoms. The highest BCUT2D eigenvalue weighted by Gasteiger charge is 2.48. The first-order valence-corrected chi connectivity index (χ1v) is 11.4. The van der Waals surface area contributed by atoms with Gasteiger partial charge in [0, 0.05) is 23.9 Å². The van der Waals surface area contributed by atoms with Gasteiger partial charge in [0.15, 0.2) is 11.5 Å². The number of carbonyl (C=O) groups is 2. The zero-order chi connectivity index (χ0) is 23.7. The number of nitrogens with zero attached hydrogens (tertiary/aromatic N) is 5. The third-order valence-electron chi connectivity index (χ3n) is 6.43. The molecule has 1 aromatic heterocycles. The van der Waals surface area contributed by atoms with Gasteiger partial charge in [-0.15, -0.1) is 0 Å². The molecule has 3 aromatic rings. The van der Waals surface area contributed by atoms with Gasteiger partial charge in [0.1, 0.15) is 6.33 Å². The van der Waals surface area contributed by atoms with Gasteiger partial charge in [0.05, 0.1) is 18.8 Å². The van der Waals surface area contributed by atoms with E-state index in [0.717, 1.165) is 28.8 Å². The van der Waals surface area contributed by atoms with Gasteiger partial charge < -0.3 is 10.6 Å². The molecule has 2 aromatic carbocycles. The molecule has 0 fully saturated rings. The van der Waals surface area contributed by atoms with Gasteiger partial charge in [0.2, 0.25) is 0 Å². The van der Waals surface area contributed by atoms with Crippen molar-refractivity contribution < 1.29 is 9.59 Å². The average Bonchev–Trinajstić information content (AvgIpc) is 3.40. The predicted molar refractivity (Wildman–Crippen MR) is 127 cm³/mol. The molecule has 0 aliphatic carbocycles. The van der Waals surface area contributed by atoms with Gasteiger partial charge in [-0.05, 0) is 29.7 Å². The molecule has 0 radical (unpaired) electrons. The Balaban J connectivity index is 1.36. The van der Waals surface area contributed by atoms with Gasteiger partial charge in [0.25, 0.3) is 11.8 Å². The van der Waals surface area contributed by atoms with E-state index in [1.54, 1.807) is 17.2 Å². The SMILES string of the molecule is CCCC1(c2ccccc2)N=C(N)N(Cc2cccc(C(=O)N3Cc4cncnc4C3)c2)C1=O. The number of hydrogen-bond acceptors (Lipinski definition) is 6. The third-order valence-corrected chi connectivity index (χ3v) is 6.43. The Hall–Kier alpha value is -4.07. The van der Waals surface area contributed by atoms with Gasteiger partial charge in [-0.3, -0.25) is 14.5 Å². The van der Waals surface area contributed by atoms with E-state index in [1.165, 1.54) is 11.2 Å². The fraction of sp³-hybridized carbons (Fsp3) is 0.269. The van der Waals surface area contributed by atoms with Crippen LogP contribution in [-0.2, 0) is 30.0 Å². The summed E-state index contributed by atoms with van der Waals surface area (Å²) >= 11 is 0.